The van der Waals surface area contributed by atoms with Gasteiger partial charge in [0.1, 0.15) is 12.2 Å². The summed E-state index contributed by atoms with van der Waals surface area (Å²) in [4.78, 5) is 23.6. The summed E-state index contributed by atoms with van der Waals surface area (Å²) in [6.45, 7) is 0.562. The molecule has 0 radical (unpaired) electrons. The van der Waals surface area contributed by atoms with Crippen molar-refractivity contribution in [1.29, 1.82) is 0 Å². The molecule has 0 saturated carbocycles. The molecule has 3 N–H and O–H groups in total. The number of nitrogens with zero attached hydrogens (tertiary/aromatic N) is 1. The van der Waals surface area contributed by atoms with E-state index in [4.69, 9.17) is 9.84 Å². The van der Waals surface area contributed by atoms with E-state index in [2.05, 4.69) is 0 Å². The highest BCUT2D eigenvalue weighted by Gasteiger charge is 2.57. The summed E-state index contributed by atoms with van der Waals surface area (Å²) in [7, 11) is 0. The Morgan fingerprint density at radius 1 is 1.61 bits per heavy atom. The van der Waals surface area contributed by atoms with Gasteiger partial charge < -0.3 is 14.9 Å². The molecule has 0 bridgehead atoms. The predicted octanol–water partition coefficient (Wildman–Crippen LogP) is -1.27. The number of imide groups is 1. The first-order chi connectivity index (χ1) is 8.37. The third-order valence-electron chi connectivity index (χ3n) is 3.27. The molecular formula is C10H15FN2O5. The molecule has 2 aliphatic rings. The number of halogens is 1. The molecule has 2 fully saturated rings. The summed E-state index contributed by atoms with van der Waals surface area (Å²) in [5.41, 5.74) is -2.20. The lowest BCUT2D eigenvalue weighted by molar-refractivity contribution is -0.126. The standard InChI is InChI=1S/C10H15FN2O5/c1-10(11)7(16)5(4-14)18-8(10)13-3-2-6(15)12-9(13)17/h5,7-8,14,16H,2-4H2,1H3,(H,12,15,17)/t5-,7+,8-,10+/m0/s1. The minimum absolute atomic E-state index is 0.0136. The first-order valence-electron chi connectivity index (χ1n) is 5.61. The van der Waals surface area contributed by atoms with Gasteiger partial charge in [0.05, 0.1) is 6.61 Å². The Balaban J connectivity index is 2.18. The number of carbonyl (C=O) groups excluding carboxylic acids is 2. The second kappa shape index (κ2) is 4.45. The molecule has 4 atom stereocenters. The highest BCUT2D eigenvalue weighted by atomic mass is 19.1. The topological polar surface area (TPSA) is 99.1 Å². The zero-order chi connectivity index (χ0) is 13.5. The highest BCUT2D eigenvalue weighted by molar-refractivity contribution is 5.96. The smallest absolute Gasteiger partial charge is 0.326 e. The van der Waals surface area contributed by atoms with Crippen LogP contribution < -0.4 is 5.32 Å². The van der Waals surface area contributed by atoms with Gasteiger partial charge in [-0.2, -0.15) is 0 Å². The van der Waals surface area contributed by atoms with Crippen molar-refractivity contribution in [2.75, 3.05) is 13.2 Å². The van der Waals surface area contributed by atoms with Crippen LogP contribution in [0.4, 0.5) is 9.18 Å². The molecular weight excluding hydrogens is 247 g/mol. The van der Waals surface area contributed by atoms with Crippen molar-refractivity contribution in [2.45, 2.75) is 37.4 Å². The molecule has 18 heavy (non-hydrogen) atoms. The van der Waals surface area contributed by atoms with Crippen LogP contribution in [0.25, 0.3) is 0 Å². The number of aliphatic hydroxyl groups excluding tert-OH is 2. The maximum Gasteiger partial charge on any atom is 0.326 e. The zero-order valence-corrected chi connectivity index (χ0v) is 9.80. The summed E-state index contributed by atoms with van der Waals surface area (Å²) in [6.07, 6.45) is -3.90. The summed E-state index contributed by atoms with van der Waals surface area (Å²) in [5, 5.41) is 20.7. The van der Waals surface area contributed by atoms with Gasteiger partial charge >= 0.3 is 6.03 Å². The maximum atomic E-state index is 14.4. The van der Waals surface area contributed by atoms with Crippen LogP contribution in [0.2, 0.25) is 0 Å². The van der Waals surface area contributed by atoms with Gasteiger partial charge in [-0.1, -0.05) is 0 Å². The normalized spacial score (nSPS) is 41.1. The third kappa shape index (κ3) is 1.96. The lowest BCUT2D eigenvalue weighted by atomic mass is 9.98. The van der Waals surface area contributed by atoms with Crippen molar-refractivity contribution in [1.82, 2.24) is 10.2 Å². The Morgan fingerprint density at radius 2 is 2.28 bits per heavy atom. The Labute approximate surface area is 103 Å². The minimum Gasteiger partial charge on any atom is -0.394 e. The predicted molar refractivity (Wildman–Crippen MR) is 56.1 cm³/mol. The van der Waals surface area contributed by atoms with Crippen LogP contribution in [0.5, 0.6) is 0 Å². The summed E-state index contributed by atoms with van der Waals surface area (Å²) < 4.78 is 19.5. The van der Waals surface area contributed by atoms with Crippen LogP contribution in [0.1, 0.15) is 13.3 Å². The average molecular weight is 262 g/mol. The molecule has 2 saturated heterocycles. The number of carbonyl (C=O) groups is 2. The Kier molecular flexibility index (Phi) is 3.26. The largest absolute Gasteiger partial charge is 0.394 e. The van der Waals surface area contributed by atoms with Gasteiger partial charge in [-0.3, -0.25) is 15.0 Å². The van der Waals surface area contributed by atoms with Crippen LogP contribution in [-0.4, -0.2) is 64.3 Å². The number of nitrogens with one attached hydrogen (secondary N) is 1. The number of alkyl halides is 1. The molecule has 3 amide bonds. The first kappa shape index (κ1) is 13.2. The molecule has 0 aromatic heterocycles. The number of rotatable bonds is 2. The van der Waals surface area contributed by atoms with E-state index in [1.807, 2.05) is 5.32 Å². The molecule has 2 rings (SSSR count). The molecule has 2 heterocycles. The van der Waals surface area contributed by atoms with E-state index >= 15 is 0 Å². The van der Waals surface area contributed by atoms with E-state index in [0.717, 1.165) is 11.8 Å². The van der Waals surface area contributed by atoms with E-state index in [0.29, 0.717) is 0 Å². The zero-order valence-electron chi connectivity index (χ0n) is 9.80. The van der Waals surface area contributed by atoms with Crippen LogP contribution in [-0.2, 0) is 9.53 Å². The Hall–Kier alpha value is -1.25. The molecule has 2 aliphatic heterocycles. The molecule has 102 valence electrons. The van der Waals surface area contributed by atoms with Gasteiger partial charge in [-0.25, -0.2) is 9.18 Å². The average Bonchev–Trinajstić information content (AvgIpc) is 2.52. The number of hydrogen-bond acceptors (Lipinski definition) is 5. The van der Waals surface area contributed by atoms with Crippen molar-refractivity contribution in [3.8, 4) is 0 Å². The minimum atomic E-state index is -2.20. The monoisotopic (exact) mass is 262 g/mol. The van der Waals surface area contributed by atoms with Crippen molar-refractivity contribution in [2.24, 2.45) is 0 Å². The van der Waals surface area contributed by atoms with Gasteiger partial charge in [0, 0.05) is 13.0 Å². The van der Waals surface area contributed by atoms with E-state index in [9.17, 15) is 19.1 Å². The van der Waals surface area contributed by atoms with Gasteiger partial charge in [-0.05, 0) is 6.92 Å². The van der Waals surface area contributed by atoms with Crippen LogP contribution in [0.3, 0.4) is 0 Å². The van der Waals surface area contributed by atoms with Crippen LogP contribution in [0.15, 0.2) is 0 Å². The number of hydrogen-bond donors (Lipinski definition) is 3. The van der Waals surface area contributed by atoms with Gasteiger partial charge in [0.25, 0.3) is 0 Å². The second-order valence-electron chi connectivity index (χ2n) is 4.60. The van der Waals surface area contributed by atoms with Crippen molar-refractivity contribution >= 4 is 11.9 Å². The molecule has 0 unspecified atom stereocenters. The van der Waals surface area contributed by atoms with Crippen LogP contribution >= 0.6 is 0 Å². The fourth-order valence-electron chi connectivity index (χ4n) is 2.20. The maximum absolute atomic E-state index is 14.4. The summed E-state index contributed by atoms with van der Waals surface area (Å²) in [6, 6.07) is -0.758. The lowest BCUT2D eigenvalue weighted by Crippen LogP contribution is -2.59. The Bertz CT molecular complexity index is 375. The van der Waals surface area contributed by atoms with Gasteiger partial charge in [0.2, 0.25) is 5.91 Å². The van der Waals surface area contributed by atoms with Crippen LogP contribution in [0, 0.1) is 0 Å². The van der Waals surface area contributed by atoms with Gasteiger partial charge in [-0.15, -0.1) is 0 Å². The first-order valence-corrected chi connectivity index (χ1v) is 5.61. The van der Waals surface area contributed by atoms with E-state index in [-0.39, 0.29) is 13.0 Å². The van der Waals surface area contributed by atoms with Crippen molar-refractivity contribution < 1.29 is 28.9 Å². The molecule has 0 aromatic rings. The lowest BCUT2D eigenvalue weighted by Gasteiger charge is -2.35. The molecule has 0 spiro atoms. The fraction of sp³-hybridized carbons (Fsp3) is 0.800. The Morgan fingerprint density at radius 3 is 2.78 bits per heavy atom. The molecule has 8 heteroatoms. The second-order valence-corrected chi connectivity index (χ2v) is 4.60. The highest BCUT2D eigenvalue weighted by Crippen LogP contribution is 2.36. The molecule has 7 nitrogen and oxygen atoms in total. The van der Waals surface area contributed by atoms with E-state index in [1.165, 1.54) is 0 Å². The quantitative estimate of drug-likeness (QED) is 0.576. The number of ether oxygens (including phenoxy) is 1. The van der Waals surface area contributed by atoms with Gasteiger partial charge in [0.15, 0.2) is 11.9 Å². The van der Waals surface area contributed by atoms with E-state index < -0.39 is 42.6 Å². The van der Waals surface area contributed by atoms with Crippen molar-refractivity contribution in [3.63, 3.8) is 0 Å². The summed E-state index contributed by atoms with van der Waals surface area (Å²) in [5.74, 6) is -0.436. The number of amides is 3. The van der Waals surface area contributed by atoms with Crippen molar-refractivity contribution in [3.05, 3.63) is 0 Å². The van der Waals surface area contributed by atoms with E-state index in [1.54, 1.807) is 0 Å². The number of urea groups is 1. The fourth-order valence-corrected chi connectivity index (χ4v) is 2.20. The SMILES string of the molecule is C[C@@]1(F)[C@H](O)[C@H](CO)O[C@@H]1N1CCC(=O)NC1=O. The third-order valence-corrected chi connectivity index (χ3v) is 3.27. The molecule has 0 aromatic carbocycles. The molecule has 0 aliphatic carbocycles. The summed E-state index contributed by atoms with van der Waals surface area (Å²) >= 11 is 0. The number of aliphatic hydroxyl groups is 2.